The number of aromatic nitrogens is 2. The van der Waals surface area contributed by atoms with Crippen LogP contribution in [0.5, 0.6) is 0 Å². The van der Waals surface area contributed by atoms with Gasteiger partial charge in [0, 0.05) is 6.42 Å². The molecule has 11 heteroatoms. The van der Waals surface area contributed by atoms with Crippen LogP contribution in [0.25, 0.3) is 0 Å². The monoisotopic (exact) mass is 307 g/mol. The summed E-state index contributed by atoms with van der Waals surface area (Å²) in [5, 5.41) is 5.33. The second-order valence-corrected chi connectivity index (χ2v) is 5.53. The number of carbonyl (C=O) groups is 2. The van der Waals surface area contributed by atoms with Gasteiger partial charge in [0.05, 0.1) is 13.2 Å². The number of halogens is 1. The maximum Gasteiger partial charge on any atom is 0.396 e. The smallest absolute Gasteiger partial charge is 0.396 e. The second-order valence-electron chi connectivity index (χ2n) is 3.92. The molecule has 2 rings (SSSR count). The molecule has 1 aliphatic rings. The first kappa shape index (κ1) is 14.4. The third kappa shape index (κ3) is 2.76. The van der Waals surface area contributed by atoms with Gasteiger partial charge in [-0.05, 0) is 6.92 Å². The summed E-state index contributed by atoms with van der Waals surface area (Å²) in [7, 11) is -4.84. The molecule has 20 heavy (non-hydrogen) atoms. The third-order valence-corrected chi connectivity index (χ3v) is 3.70. The number of esters is 1. The van der Waals surface area contributed by atoms with Crippen LogP contribution in [0.1, 0.15) is 24.0 Å². The van der Waals surface area contributed by atoms with Gasteiger partial charge >= 0.3 is 28.1 Å². The van der Waals surface area contributed by atoms with E-state index >= 15 is 0 Å². The first-order chi connectivity index (χ1) is 9.32. The van der Waals surface area contributed by atoms with Crippen molar-refractivity contribution in [2.75, 3.05) is 18.1 Å². The summed E-state index contributed by atoms with van der Waals surface area (Å²) in [5.74, 6) is -2.02. The molecular formula is C9H10FN3O6S. The molecule has 2 heterocycles. The van der Waals surface area contributed by atoms with Crippen molar-refractivity contribution < 1.29 is 31.0 Å². The summed E-state index contributed by atoms with van der Waals surface area (Å²) in [6.45, 7) is 1.24. The van der Waals surface area contributed by atoms with E-state index in [1.165, 1.54) is 0 Å². The Labute approximate surface area is 112 Å². The minimum atomic E-state index is -4.84. The third-order valence-electron chi connectivity index (χ3n) is 2.58. The number of carbonyl (C=O) groups excluding carboxylic acids is 2. The molecule has 1 aliphatic heterocycles. The Balaban J connectivity index is 2.17. The summed E-state index contributed by atoms with van der Waals surface area (Å²) < 4.78 is 43.9. The van der Waals surface area contributed by atoms with Crippen LogP contribution in [0, 0.1) is 0 Å². The molecule has 1 atom stereocenters. The number of hydrogen-bond acceptors (Lipinski definition) is 8. The Morgan fingerprint density at radius 1 is 1.55 bits per heavy atom. The quantitative estimate of drug-likeness (QED) is 0.547. The summed E-state index contributed by atoms with van der Waals surface area (Å²) in [6, 6.07) is -0.371. The Morgan fingerprint density at radius 3 is 2.80 bits per heavy atom. The first-order valence-corrected chi connectivity index (χ1v) is 7.02. The normalized spacial score (nSPS) is 19.4. The van der Waals surface area contributed by atoms with Crippen molar-refractivity contribution in [3.63, 3.8) is 0 Å². The Kier molecular flexibility index (Phi) is 3.70. The second kappa shape index (κ2) is 5.15. The molecule has 0 aliphatic carbocycles. The fraction of sp³-hybridized carbons (Fsp3) is 0.556. The van der Waals surface area contributed by atoms with Crippen molar-refractivity contribution in [1.82, 2.24) is 10.2 Å². The molecule has 110 valence electrons. The Hall–Kier alpha value is -2.04. The minimum Gasteiger partial charge on any atom is -0.459 e. The van der Waals surface area contributed by atoms with Crippen LogP contribution in [-0.2, 0) is 19.8 Å². The predicted molar refractivity (Wildman–Crippen MR) is 61.0 cm³/mol. The zero-order valence-electron chi connectivity index (χ0n) is 10.3. The molecule has 0 spiro atoms. The molecule has 1 fully saturated rings. The average molecular weight is 307 g/mol. The summed E-state index contributed by atoms with van der Waals surface area (Å²) in [6.07, 6.45) is -0.518. The van der Waals surface area contributed by atoms with Crippen LogP contribution in [-0.4, -0.2) is 48.9 Å². The number of hydrogen-bond donors (Lipinski definition) is 0. The van der Waals surface area contributed by atoms with E-state index in [-0.39, 0.29) is 12.6 Å². The lowest BCUT2D eigenvalue weighted by molar-refractivity contribution is -0.117. The van der Waals surface area contributed by atoms with Gasteiger partial charge in [0.2, 0.25) is 5.91 Å². The van der Waals surface area contributed by atoms with Gasteiger partial charge in [0.1, 0.15) is 5.25 Å². The largest absolute Gasteiger partial charge is 0.459 e. The molecule has 0 N–H and O–H groups in total. The van der Waals surface area contributed by atoms with E-state index in [0.717, 1.165) is 4.90 Å². The first-order valence-electron chi connectivity index (χ1n) is 5.57. The SMILES string of the molecule is CCOC(=O)c1nnc(N2CC(S(=O)(=O)F)CC2=O)o1. The molecular weight excluding hydrogens is 297 g/mol. The highest BCUT2D eigenvalue weighted by atomic mass is 32.3. The van der Waals surface area contributed by atoms with Crippen LogP contribution in [0.15, 0.2) is 4.42 Å². The van der Waals surface area contributed by atoms with Crippen LogP contribution < -0.4 is 4.90 Å². The number of ether oxygens (including phenoxy) is 1. The van der Waals surface area contributed by atoms with Crippen molar-refractivity contribution in [1.29, 1.82) is 0 Å². The van der Waals surface area contributed by atoms with Gasteiger partial charge in [-0.15, -0.1) is 3.89 Å². The zero-order valence-corrected chi connectivity index (χ0v) is 11.1. The van der Waals surface area contributed by atoms with E-state index in [0.29, 0.717) is 0 Å². The summed E-state index contributed by atoms with van der Waals surface area (Å²) >= 11 is 0. The molecule has 1 amide bonds. The number of amides is 1. The number of anilines is 1. The van der Waals surface area contributed by atoms with Gasteiger partial charge in [0.15, 0.2) is 0 Å². The van der Waals surface area contributed by atoms with Gasteiger partial charge in [0.25, 0.3) is 0 Å². The molecule has 0 saturated carbocycles. The van der Waals surface area contributed by atoms with Crippen LogP contribution in [0.2, 0.25) is 0 Å². The van der Waals surface area contributed by atoms with Gasteiger partial charge in [-0.2, -0.15) is 8.42 Å². The van der Waals surface area contributed by atoms with E-state index in [2.05, 4.69) is 14.9 Å². The topological polar surface area (TPSA) is 120 Å². The van der Waals surface area contributed by atoms with Crippen LogP contribution in [0.4, 0.5) is 9.90 Å². The highest BCUT2D eigenvalue weighted by Crippen LogP contribution is 2.24. The maximum atomic E-state index is 12.8. The fourth-order valence-electron chi connectivity index (χ4n) is 1.65. The van der Waals surface area contributed by atoms with E-state index in [1.54, 1.807) is 6.92 Å². The molecule has 1 saturated heterocycles. The Morgan fingerprint density at radius 2 is 2.25 bits per heavy atom. The predicted octanol–water partition coefficient (Wildman–Crippen LogP) is -0.349. The van der Waals surface area contributed by atoms with Crippen molar-refractivity contribution in [2.45, 2.75) is 18.6 Å². The van der Waals surface area contributed by atoms with E-state index in [4.69, 9.17) is 4.42 Å². The number of nitrogens with zero attached hydrogens (tertiary/aromatic N) is 3. The van der Waals surface area contributed by atoms with Gasteiger partial charge in [-0.3, -0.25) is 9.69 Å². The van der Waals surface area contributed by atoms with Crippen molar-refractivity contribution in [3.05, 3.63) is 5.89 Å². The molecule has 0 aromatic carbocycles. The molecule has 9 nitrogen and oxygen atoms in total. The molecule has 1 aromatic heterocycles. The van der Waals surface area contributed by atoms with E-state index < -0.39 is 46.2 Å². The zero-order chi connectivity index (χ0) is 14.9. The van der Waals surface area contributed by atoms with Gasteiger partial charge in [-0.1, -0.05) is 10.2 Å². The van der Waals surface area contributed by atoms with E-state index in [1.807, 2.05) is 0 Å². The lowest BCUT2D eigenvalue weighted by atomic mass is 10.4. The maximum absolute atomic E-state index is 12.8. The number of rotatable bonds is 4. The van der Waals surface area contributed by atoms with Gasteiger partial charge in [-0.25, -0.2) is 4.79 Å². The van der Waals surface area contributed by atoms with E-state index in [9.17, 15) is 21.9 Å². The Bertz CT molecular complexity index is 642. The molecule has 1 unspecified atom stereocenters. The summed E-state index contributed by atoms with van der Waals surface area (Å²) in [5.41, 5.74) is 0. The molecule has 0 bridgehead atoms. The van der Waals surface area contributed by atoms with Crippen LogP contribution >= 0.6 is 0 Å². The minimum absolute atomic E-state index is 0.0986. The van der Waals surface area contributed by atoms with Crippen molar-refractivity contribution in [2.24, 2.45) is 0 Å². The highest BCUT2D eigenvalue weighted by molar-refractivity contribution is 7.87. The van der Waals surface area contributed by atoms with Crippen molar-refractivity contribution >= 4 is 28.1 Å². The fourth-order valence-corrected chi connectivity index (χ4v) is 2.32. The summed E-state index contributed by atoms with van der Waals surface area (Å²) in [4.78, 5) is 23.7. The lowest BCUT2D eigenvalue weighted by Gasteiger charge is -2.08. The average Bonchev–Trinajstić information content (AvgIpc) is 2.94. The van der Waals surface area contributed by atoms with Gasteiger partial charge < -0.3 is 9.15 Å². The molecule has 1 aromatic rings. The van der Waals surface area contributed by atoms with Crippen molar-refractivity contribution in [3.8, 4) is 0 Å². The highest BCUT2D eigenvalue weighted by Gasteiger charge is 2.41. The standard InChI is InChI=1S/C9H10FN3O6S/c1-2-18-8(15)7-11-12-9(19-7)13-4-5(3-6(13)14)20(10,16)17/h5H,2-4H2,1H3. The lowest BCUT2D eigenvalue weighted by Crippen LogP contribution is -2.27. The van der Waals surface area contributed by atoms with Crippen LogP contribution in [0.3, 0.4) is 0 Å². The molecule has 0 radical (unpaired) electrons.